The van der Waals surface area contributed by atoms with Crippen molar-refractivity contribution >= 4 is 17.2 Å². The van der Waals surface area contributed by atoms with E-state index in [1.54, 1.807) is 29.5 Å². The van der Waals surface area contributed by atoms with Crippen LogP contribution in [-0.2, 0) is 7.05 Å². The lowest BCUT2D eigenvalue weighted by molar-refractivity contribution is 0.0656. The van der Waals surface area contributed by atoms with Gasteiger partial charge < -0.3 is 9.42 Å². The molecule has 2 atom stereocenters. The lowest BCUT2D eigenvalue weighted by Gasteiger charge is -2.37. The Morgan fingerprint density at radius 3 is 2.71 bits per heavy atom. The molecule has 8 heteroatoms. The Balaban J connectivity index is 1.48. The largest absolute Gasteiger partial charge is 0.355 e. The van der Waals surface area contributed by atoms with E-state index in [1.165, 1.54) is 17.0 Å². The summed E-state index contributed by atoms with van der Waals surface area (Å²) in [5.74, 6) is -0.0192. The number of amides is 1. The number of carbonyl (C=O) groups excluding carboxylic acids is 1. The second-order valence-electron chi connectivity index (χ2n) is 7.82. The molecule has 0 fully saturated rings. The molecule has 5 rings (SSSR count). The third-order valence-corrected chi connectivity index (χ3v) is 7.15. The minimum Gasteiger partial charge on any atom is -0.355 e. The maximum absolute atomic E-state index is 13.4. The van der Waals surface area contributed by atoms with Crippen LogP contribution >= 0.6 is 11.3 Å². The molecular formula is C23H21FN4O2S. The molecule has 4 aromatic rings. The monoisotopic (exact) mass is 436 g/mol. The molecular weight excluding hydrogens is 415 g/mol. The molecule has 0 N–H and O–H groups in total. The van der Waals surface area contributed by atoms with Gasteiger partial charge >= 0.3 is 0 Å². The predicted molar refractivity (Wildman–Crippen MR) is 115 cm³/mol. The van der Waals surface area contributed by atoms with Crippen LogP contribution in [0.15, 0.2) is 52.5 Å². The number of thiophene rings is 1. The molecule has 158 valence electrons. The van der Waals surface area contributed by atoms with E-state index in [0.717, 1.165) is 16.8 Å². The second-order valence-corrected chi connectivity index (χ2v) is 8.77. The summed E-state index contributed by atoms with van der Waals surface area (Å²) >= 11 is 1.72. The fourth-order valence-electron chi connectivity index (χ4n) is 4.19. The predicted octanol–water partition coefficient (Wildman–Crippen LogP) is 4.93. The van der Waals surface area contributed by atoms with Crippen molar-refractivity contribution in [1.29, 1.82) is 0 Å². The Kier molecular flexibility index (Phi) is 4.74. The molecule has 0 aliphatic carbocycles. The number of carbonyl (C=O) groups is 1. The molecule has 6 nitrogen and oxygen atoms in total. The van der Waals surface area contributed by atoms with Crippen LogP contribution in [0.5, 0.6) is 0 Å². The van der Waals surface area contributed by atoms with Gasteiger partial charge in [-0.1, -0.05) is 5.16 Å². The molecule has 1 aromatic carbocycles. The number of nitrogens with zero attached hydrogens (tertiary/aromatic N) is 4. The van der Waals surface area contributed by atoms with Crippen LogP contribution in [0.25, 0.3) is 11.3 Å². The van der Waals surface area contributed by atoms with Crippen LogP contribution in [0.3, 0.4) is 0 Å². The van der Waals surface area contributed by atoms with Gasteiger partial charge in [-0.15, -0.1) is 11.3 Å². The van der Waals surface area contributed by atoms with Crippen LogP contribution in [0.2, 0.25) is 0 Å². The first-order valence-corrected chi connectivity index (χ1v) is 10.9. The summed E-state index contributed by atoms with van der Waals surface area (Å²) < 4.78 is 20.5. The third-order valence-electron chi connectivity index (χ3n) is 6.11. The van der Waals surface area contributed by atoms with E-state index >= 15 is 0 Å². The van der Waals surface area contributed by atoms with Crippen LogP contribution in [0.4, 0.5) is 4.39 Å². The number of halogens is 1. The van der Waals surface area contributed by atoms with Gasteiger partial charge in [0.05, 0.1) is 12.2 Å². The van der Waals surface area contributed by atoms with E-state index in [2.05, 4.69) is 21.7 Å². The summed E-state index contributed by atoms with van der Waals surface area (Å²) in [5, 5.41) is 10.5. The van der Waals surface area contributed by atoms with Crippen LogP contribution < -0.4 is 0 Å². The van der Waals surface area contributed by atoms with Gasteiger partial charge in [0.25, 0.3) is 5.91 Å². The smallest absolute Gasteiger partial charge is 0.276 e. The maximum atomic E-state index is 13.4. The maximum Gasteiger partial charge on any atom is 0.276 e. The van der Waals surface area contributed by atoms with E-state index in [-0.39, 0.29) is 29.4 Å². The highest BCUT2D eigenvalue weighted by Crippen LogP contribution is 2.43. The van der Waals surface area contributed by atoms with Crippen molar-refractivity contribution in [1.82, 2.24) is 19.8 Å². The van der Waals surface area contributed by atoms with Gasteiger partial charge in [0, 0.05) is 47.3 Å². The quantitative estimate of drug-likeness (QED) is 0.457. The molecule has 2 unspecified atom stereocenters. The Hall–Kier alpha value is -3.26. The minimum absolute atomic E-state index is 0.0623. The molecule has 3 aromatic heterocycles. The summed E-state index contributed by atoms with van der Waals surface area (Å²) in [6, 6.07) is 9.55. The minimum atomic E-state index is -0.329. The van der Waals surface area contributed by atoms with Crippen molar-refractivity contribution in [2.75, 3.05) is 6.54 Å². The lowest BCUT2D eigenvalue weighted by Crippen LogP contribution is -2.40. The van der Waals surface area contributed by atoms with Crippen molar-refractivity contribution in [3.63, 3.8) is 0 Å². The highest BCUT2D eigenvalue weighted by atomic mass is 32.1. The zero-order valence-corrected chi connectivity index (χ0v) is 18.2. The van der Waals surface area contributed by atoms with Gasteiger partial charge in [0.15, 0.2) is 11.5 Å². The Labute approximate surface area is 182 Å². The average Bonchev–Trinajstić information content (AvgIpc) is 3.51. The van der Waals surface area contributed by atoms with Gasteiger partial charge in [-0.3, -0.25) is 9.48 Å². The normalized spacial score (nSPS) is 18.3. The molecule has 31 heavy (non-hydrogen) atoms. The van der Waals surface area contributed by atoms with Crippen molar-refractivity contribution in [2.45, 2.75) is 25.8 Å². The summed E-state index contributed by atoms with van der Waals surface area (Å²) in [6.45, 7) is 4.63. The first-order valence-electron chi connectivity index (χ1n) is 10.0. The van der Waals surface area contributed by atoms with Crippen LogP contribution in [0, 0.1) is 12.7 Å². The summed E-state index contributed by atoms with van der Waals surface area (Å²) in [5.41, 5.74) is 4.28. The van der Waals surface area contributed by atoms with E-state index < -0.39 is 0 Å². The SMILES string of the molecule is Cc1c(C2CN(C(=O)c3cc(-c4ccc(F)cc4)on3)C(C)c3ccsc32)cnn1C. The molecule has 0 saturated heterocycles. The number of hydrogen-bond acceptors (Lipinski definition) is 5. The van der Waals surface area contributed by atoms with Crippen LogP contribution in [0.1, 0.15) is 51.1 Å². The number of aromatic nitrogens is 3. The van der Waals surface area contributed by atoms with Crippen molar-refractivity contribution in [3.8, 4) is 11.3 Å². The molecule has 1 amide bonds. The Bertz CT molecular complexity index is 1260. The van der Waals surface area contributed by atoms with Gasteiger partial charge in [-0.2, -0.15) is 5.10 Å². The van der Waals surface area contributed by atoms with Gasteiger partial charge in [-0.05, 0) is 55.1 Å². The molecule has 0 bridgehead atoms. The Morgan fingerprint density at radius 2 is 2.00 bits per heavy atom. The lowest BCUT2D eigenvalue weighted by atomic mass is 9.88. The van der Waals surface area contributed by atoms with E-state index in [1.807, 2.05) is 36.7 Å². The van der Waals surface area contributed by atoms with E-state index in [0.29, 0.717) is 17.9 Å². The van der Waals surface area contributed by atoms with Crippen molar-refractivity contribution < 1.29 is 13.7 Å². The number of fused-ring (bicyclic) bond motifs is 1. The molecule has 1 aliphatic heterocycles. The first kappa shape index (κ1) is 19.7. The van der Waals surface area contributed by atoms with E-state index in [4.69, 9.17) is 4.52 Å². The van der Waals surface area contributed by atoms with Gasteiger partial charge in [-0.25, -0.2) is 4.39 Å². The van der Waals surface area contributed by atoms with Crippen molar-refractivity contribution in [2.24, 2.45) is 7.05 Å². The fraction of sp³-hybridized carbons (Fsp3) is 0.261. The first-order chi connectivity index (χ1) is 14.9. The molecule has 0 spiro atoms. The van der Waals surface area contributed by atoms with Gasteiger partial charge in [0.2, 0.25) is 0 Å². The topological polar surface area (TPSA) is 64.2 Å². The zero-order chi connectivity index (χ0) is 21.7. The molecule has 0 radical (unpaired) electrons. The summed E-state index contributed by atoms with van der Waals surface area (Å²) in [4.78, 5) is 16.6. The van der Waals surface area contributed by atoms with Gasteiger partial charge in [0.1, 0.15) is 5.82 Å². The number of aryl methyl sites for hydroxylation is 1. The fourth-order valence-corrected chi connectivity index (χ4v) is 5.30. The zero-order valence-electron chi connectivity index (χ0n) is 17.4. The highest BCUT2D eigenvalue weighted by Gasteiger charge is 2.37. The average molecular weight is 437 g/mol. The van der Waals surface area contributed by atoms with Crippen molar-refractivity contribution in [3.05, 3.63) is 81.2 Å². The summed E-state index contributed by atoms with van der Waals surface area (Å²) in [6.07, 6.45) is 1.89. The summed E-state index contributed by atoms with van der Waals surface area (Å²) in [7, 11) is 1.93. The van der Waals surface area contributed by atoms with E-state index in [9.17, 15) is 9.18 Å². The standard InChI is InChI=1S/C23H21FN4O2S/c1-13-18(11-25-27(13)3)19-12-28(14(2)17-8-9-31-22(17)19)23(29)20-10-21(30-26-20)15-4-6-16(24)7-5-15/h4-11,14,19H,12H2,1-3H3. The number of rotatable bonds is 3. The highest BCUT2D eigenvalue weighted by molar-refractivity contribution is 7.10. The number of benzene rings is 1. The molecule has 0 saturated carbocycles. The van der Waals surface area contributed by atoms with Crippen LogP contribution in [-0.4, -0.2) is 32.3 Å². The second kappa shape index (κ2) is 7.46. The third kappa shape index (κ3) is 3.27. The Morgan fingerprint density at radius 1 is 1.23 bits per heavy atom. The molecule has 1 aliphatic rings. The molecule has 4 heterocycles. The number of hydrogen-bond donors (Lipinski definition) is 0.